The topological polar surface area (TPSA) is 75.3 Å². The molecule has 0 atom stereocenters. The summed E-state index contributed by atoms with van der Waals surface area (Å²) in [6.45, 7) is 11.1. The predicted octanol–water partition coefficient (Wildman–Crippen LogP) is 2.19. The van der Waals surface area contributed by atoms with E-state index in [9.17, 15) is 4.79 Å². The zero-order valence-corrected chi connectivity index (χ0v) is 15.3. The fourth-order valence-corrected chi connectivity index (χ4v) is 4.50. The van der Waals surface area contributed by atoms with E-state index in [-0.39, 0.29) is 6.61 Å². The first-order valence-corrected chi connectivity index (χ1v) is 9.97. The van der Waals surface area contributed by atoms with Crippen LogP contribution in [0.4, 0.5) is 4.79 Å². The van der Waals surface area contributed by atoms with Gasteiger partial charge in [0.1, 0.15) is 6.61 Å². The van der Waals surface area contributed by atoms with Gasteiger partial charge < -0.3 is 28.1 Å². The summed E-state index contributed by atoms with van der Waals surface area (Å²) >= 11 is 0. The first kappa shape index (κ1) is 21.3. The Balaban J connectivity index is 3.98. The number of rotatable bonds is 14. The molecule has 1 amide bonds. The number of nitrogens with one attached hydrogen (secondary N) is 1. The van der Waals surface area contributed by atoms with Crippen LogP contribution in [0.2, 0.25) is 6.04 Å². The van der Waals surface area contributed by atoms with Crippen molar-refractivity contribution in [2.45, 2.75) is 40.2 Å². The van der Waals surface area contributed by atoms with Crippen LogP contribution in [-0.4, -0.2) is 61.1 Å². The number of hydrogen-bond donors (Lipinski definition) is 1. The van der Waals surface area contributed by atoms with Gasteiger partial charge in [0.25, 0.3) is 0 Å². The standard InChI is InChI=1S/C14H31NO6Si/c1-5-17-11-12-18-14(16)15-10-9-13-22(19-6-2,20-7-3)21-8-4/h5-13H2,1-4H3,(H,15,16). The molecule has 0 saturated heterocycles. The van der Waals surface area contributed by atoms with Gasteiger partial charge in [0.15, 0.2) is 0 Å². The maximum absolute atomic E-state index is 11.4. The van der Waals surface area contributed by atoms with Crippen molar-refractivity contribution in [2.24, 2.45) is 0 Å². The second-order valence-corrected chi connectivity index (χ2v) is 7.08. The SMILES string of the molecule is CCOCCOC(=O)NCCC[Si](OCC)(OCC)OCC. The number of carbonyl (C=O) groups excluding carboxylic acids is 1. The molecule has 0 aliphatic carbocycles. The summed E-state index contributed by atoms with van der Waals surface area (Å²) in [5.41, 5.74) is 0. The summed E-state index contributed by atoms with van der Waals surface area (Å²) in [6, 6.07) is 0.668. The van der Waals surface area contributed by atoms with E-state index in [4.69, 9.17) is 22.8 Å². The smallest absolute Gasteiger partial charge is 0.447 e. The predicted molar refractivity (Wildman–Crippen MR) is 85.9 cm³/mol. The van der Waals surface area contributed by atoms with E-state index in [0.717, 1.165) is 0 Å². The second kappa shape index (κ2) is 14.0. The largest absolute Gasteiger partial charge is 0.500 e. The van der Waals surface area contributed by atoms with Crippen molar-refractivity contribution in [1.29, 1.82) is 0 Å². The Kier molecular flexibility index (Phi) is 13.5. The van der Waals surface area contributed by atoms with Gasteiger partial charge in [-0.1, -0.05) is 0 Å². The van der Waals surface area contributed by atoms with Crippen LogP contribution in [0.25, 0.3) is 0 Å². The van der Waals surface area contributed by atoms with E-state index in [1.165, 1.54) is 0 Å². The van der Waals surface area contributed by atoms with Crippen LogP contribution >= 0.6 is 0 Å². The first-order valence-electron chi connectivity index (χ1n) is 8.04. The Morgan fingerprint density at radius 3 is 2.00 bits per heavy atom. The van der Waals surface area contributed by atoms with Crippen LogP contribution in [0.3, 0.4) is 0 Å². The van der Waals surface area contributed by atoms with Crippen LogP contribution in [0, 0.1) is 0 Å². The van der Waals surface area contributed by atoms with E-state index in [0.29, 0.717) is 52.0 Å². The van der Waals surface area contributed by atoms with E-state index >= 15 is 0 Å². The molecule has 1 N–H and O–H groups in total. The molecule has 0 fully saturated rings. The number of ether oxygens (including phenoxy) is 2. The molecule has 0 spiro atoms. The molecule has 8 heteroatoms. The highest BCUT2D eigenvalue weighted by atomic mass is 28.4. The second-order valence-electron chi connectivity index (χ2n) is 4.35. The molecule has 0 heterocycles. The van der Waals surface area contributed by atoms with Crippen molar-refractivity contribution >= 4 is 14.9 Å². The molecule has 0 rings (SSSR count). The monoisotopic (exact) mass is 337 g/mol. The molecule has 0 unspecified atom stereocenters. The molecule has 7 nitrogen and oxygen atoms in total. The minimum absolute atomic E-state index is 0.259. The fourth-order valence-electron chi connectivity index (χ4n) is 1.89. The van der Waals surface area contributed by atoms with Crippen molar-refractivity contribution < 1.29 is 27.5 Å². The summed E-state index contributed by atoms with van der Waals surface area (Å²) in [7, 11) is -2.62. The zero-order chi connectivity index (χ0) is 16.7. The van der Waals surface area contributed by atoms with E-state index < -0.39 is 14.9 Å². The Hall–Kier alpha value is -0.673. The third kappa shape index (κ3) is 10.1. The molecule has 132 valence electrons. The van der Waals surface area contributed by atoms with Gasteiger partial charge in [-0.15, -0.1) is 0 Å². The Morgan fingerprint density at radius 1 is 0.909 bits per heavy atom. The van der Waals surface area contributed by atoms with Crippen molar-refractivity contribution in [3.63, 3.8) is 0 Å². The summed E-state index contributed by atoms with van der Waals surface area (Å²) in [5, 5.41) is 2.70. The van der Waals surface area contributed by atoms with Crippen LogP contribution in [0.5, 0.6) is 0 Å². The summed E-state index contributed by atoms with van der Waals surface area (Å²) in [5.74, 6) is 0. The molecule has 0 radical (unpaired) electrons. The van der Waals surface area contributed by atoms with Crippen LogP contribution in [0.1, 0.15) is 34.1 Å². The lowest BCUT2D eigenvalue weighted by atomic mass is 10.5. The molecule has 0 bridgehead atoms. The van der Waals surface area contributed by atoms with Crippen LogP contribution < -0.4 is 5.32 Å². The van der Waals surface area contributed by atoms with Crippen LogP contribution in [-0.2, 0) is 22.8 Å². The lowest BCUT2D eigenvalue weighted by Crippen LogP contribution is -2.46. The van der Waals surface area contributed by atoms with Crippen LogP contribution in [0.15, 0.2) is 0 Å². The fraction of sp³-hybridized carbons (Fsp3) is 0.929. The quantitative estimate of drug-likeness (QED) is 0.387. The van der Waals surface area contributed by atoms with Crippen molar-refractivity contribution in [3.8, 4) is 0 Å². The Labute approximate surface area is 135 Å². The molecule has 0 aromatic heterocycles. The summed E-state index contributed by atoms with van der Waals surface area (Å²) in [4.78, 5) is 11.4. The minimum Gasteiger partial charge on any atom is -0.447 e. The number of hydrogen-bond acceptors (Lipinski definition) is 6. The summed E-state index contributed by atoms with van der Waals surface area (Å²) < 4.78 is 27.3. The highest BCUT2D eigenvalue weighted by Crippen LogP contribution is 2.17. The van der Waals surface area contributed by atoms with Gasteiger partial charge in [0.2, 0.25) is 0 Å². The van der Waals surface area contributed by atoms with Gasteiger partial charge in [-0.2, -0.15) is 0 Å². The number of alkyl carbamates (subject to hydrolysis) is 1. The molecule has 22 heavy (non-hydrogen) atoms. The van der Waals surface area contributed by atoms with Gasteiger partial charge in [0.05, 0.1) is 6.61 Å². The third-order valence-electron chi connectivity index (χ3n) is 2.69. The molecule has 0 aliphatic rings. The van der Waals surface area contributed by atoms with Gasteiger partial charge in [-0.25, -0.2) is 4.79 Å². The number of carbonyl (C=O) groups is 1. The zero-order valence-electron chi connectivity index (χ0n) is 14.3. The summed E-state index contributed by atoms with van der Waals surface area (Å²) in [6.07, 6.45) is 0.281. The van der Waals surface area contributed by atoms with Crippen molar-refractivity contribution in [2.75, 3.05) is 46.2 Å². The first-order chi connectivity index (χ1) is 10.6. The maximum Gasteiger partial charge on any atom is 0.500 e. The number of amides is 1. The Morgan fingerprint density at radius 2 is 1.50 bits per heavy atom. The van der Waals surface area contributed by atoms with Gasteiger partial charge in [0, 0.05) is 39.0 Å². The van der Waals surface area contributed by atoms with E-state index in [2.05, 4.69) is 5.32 Å². The average Bonchev–Trinajstić information content (AvgIpc) is 2.49. The maximum atomic E-state index is 11.4. The minimum atomic E-state index is -2.62. The highest BCUT2D eigenvalue weighted by molar-refractivity contribution is 6.60. The molecule has 0 aromatic rings. The molecular weight excluding hydrogens is 306 g/mol. The third-order valence-corrected chi connectivity index (χ3v) is 5.84. The average molecular weight is 337 g/mol. The molecular formula is C14H31NO6Si. The molecule has 0 aliphatic heterocycles. The molecule has 0 aromatic carbocycles. The highest BCUT2D eigenvalue weighted by Gasteiger charge is 2.39. The Bertz CT molecular complexity index is 263. The normalized spacial score (nSPS) is 11.5. The molecule has 0 saturated carbocycles. The van der Waals surface area contributed by atoms with E-state index in [1.54, 1.807) is 0 Å². The van der Waals surface area contributed by atoms with Gasteiger partial charge >= 0.3 is 14.9 Å². The van der Waals surface area contributed by atoms with Gasteiger partial charge in [-0.05, 0) is 34.1 Å². The lowest BCUT2D eigenvalue weighted by Gasteiger charge is -2.28. The van der Waals surface area contributed by atoms with E-state index in [1.807, 2.05) is 27.7 Å². The van der Waals surface area contributed by atoms with Crippen molar-refractivity contribution in [3.05, 3.63) is 0 Å². The lowest BCUT2D eigenvalue weighted by molar-refractivity contribution is 0.0700. The van der Waals surface area contributed by atoms with Gasteiger partial charge in [-0.3, -0.25) is 0 Å². The van der Waals surface area contributed by atoms with Crippen molar-refractivity contribution in [1.82, 2.24) is 5.32 Å².